The minimum absolute atomic E-state index is 0.704. The number of unbranched alkanes of at least 4 members (excludes halogenated alkanes) is 2. The summed E-state index contributed by atoms with van der Waals surface area (Å²) in [7, 11) is 0. The van der Waals surface area contributed by atoms with E-state index in [0.29, 0.717) is 13.1 Å². The first-order valence-electron chi connectivity index (χ1n) is 28.8. The third-order valence-corrected chi connectivity index (χ3v) is 15.5. The third-order valence-electron chi connectivity index (χ3n) is 15.5. The molecule has 0 spiro atoms. The molecular weight excluding hydrogens is 851 g/mol. The van der Waals surface area contributed by atoms with Crippen molar-refractivity contribution in [2.45, 2.75) is 120 Å². The molecule has 4 aliphatic rings. The van der Waals surface area contributed by atoms with Crippen molar-refractivity contribution < 1.29 is 0 Å². The number of hydrogen-bond donors (Lipinski definition) is 11. The monoisotopic (exact) mass is 964 g/mol. The third kappa shape index (κ3) is 28.5. The van der Waals surface area contributed by atoms with Gasteiger partial charge in [0.15, 0.2) is 0 Å². The van der Waals surface area contributed by atoms with Crippen molar-refractivity contribution >= 4 is 0 Å². The Morgan fingerprint density at radius 2 is 0.618 bits per heavy atom. The maximum Gasteiger partial charge on any atom is 0.0110 e. The van der Waals surface area contributed by atoms with E-state index in [0.717, 1.165) is 221 Å². The van der Waals surface area contributed by atoms with Crippen LogP contribution in [0.4, 0.5) is 0 Å². The Morgan fingerprint density at radius 1 is 0.279 bits per heavy atom. The molecular formula is C51H113N17. The van der Waals surface area contributed by atoms with Crippen LogP contribution in [0.2, 0.25) is 0 Å². The number of hydrogen-bond acceptors (Lipinski definition) is 17. The van der Waals surface area contributed by atoms with Gasteiger partial charge in [0, 0.05) is 221 Å². The highest BCUT2D eigenvalue weighted by molar-refractivity contribution is 4.82. The summed E-state index contributed by atoms with van der Waals surface area (Å²) in [6.07, 6.45) is 20.0. The van der Waals surface area contributed by atoms with Gasteiger partial charge in [0.2, 0.25) is 0 Å². The fourth-order valence-electron chi connectivity index (χ4n) is 9.90. The van der Waals surface area contributed by atoms with E-state index in [9.17, 15) is 0 Å². The average Bonchev–Trinajstić information content (AvgIpc) is 3.27. The van der Waals surface area contributed by atoms with Crippen LogP contribution in [0, 0.1) is 0 Å². The molecule has 0 unspecified atom stereocenters. The van der Waals surface area contributed by atoms with Crippen molar-refractivity contribution in [2.75, 3.05) is 209 Å². The smallest absolute Gasteiger partial charge is 0.0110 e. The van der Waals surface area contributed by atoms with Crippen LogP contribution in [-0.4, -0.2) is 263 Å². The summed E-state index contributed by atoms with van der Waals surface area (Å²) >= 11 is 0. The Bertz CT molecular complexity index is 1110. The van der Waals surface area contributed by atoms with Gasteiger partial charge in [-0.2, -0.15) is 0 Å². The molecule has 0 radical (unpaired) electrons. The molecule has 0 aromatic rings. The predicted molar refractivity (Wildman–Crippen MR) is 290 cm³/mol. The van der Waals surface area contributed by atoms with Crippen LogP contribution in [0.15, 0.2) is 0 Å². The average molecular weight is 965 g/mol. The molecule has 0 atom stereocenters. The molecule has 0 amide bonds. The summed E-state index contributed by atoms with van der Waals surface area (Å²) in [5.41, 5.74) is 24.2. The molecule has 402 valence electrons. The molecule has 17 nitrogen and oxygen atoms in total. The zero-order valence-corrected chi connectivity index (χ0v) is 44.0. The lowest BCUT2D eigenvalue weighted by Crippen LogP contribution is -2.47. The lowest BCUT2D eigenvalue weighted by Gasteiger charge is -2.37. The van der Waals surface area contributed by atoms with E-state index in [4.69, 9.17) is 22.9 Å². The van der Waals surface area contributed by atoms with Crippen molar-refractivity contribution in [1.82, 2.24) is 66.6 Å². The molecule has 0 saturated heterocycles. The van der Waals surface area contributed by atoms with Crippen LogP contribution in [0.25, 0.3) is 0 Å². The van der Waals surface area contributed by atoms with Gasteiger partial charge in [-0.3, -0.25) is 19.6 Å². The minimum atomic E-state index is 0.704. The Labute approximate surface area is 418 Å². The van der Waals surface area contributed by atoms with Gasteiger partial charge in [0.25, 0.3) is 0 Å². The van der Waals surface area contributed by atoms with Gasteiger partial charge in [-0.05, 0) is 77.3 Å². The second kappa shape index (κ2) is 40.8. The molecule has 4 aliphatic carbocycles. The van der Waals surface area contributed by atoms with Crippen molar-refractivity contribution in [3.8, 4) is 0 Å². The first kappa shape index (κ1) is 59.9. The van der Waals surface area contributed by atoms with E-state index in [1.165, 1.54) is 96.3 Å². The minimum Gasteiger partial charge on any atom is -0.329 e. The van der Waals surface area contributed by atoms with E-state index in [1.807, 2.05) is 0 Å². The van der Waals surface area contributed by atoms with Crippen LogP contribution in [0.1, 0.15) is 96.3 Å². The SMILES string of the molecule is NCCNCCN(CCNCCN(CCCCCN(CCN)CCN(CCNC1CCC1)CCN(CCN)CCNC1CCC1)CCN(CCN)CCNCCNCCNC1CCC1)C1CCC1. The number of nitrogens with zero attached hydrogens (tertiary/aromatic N) is 6. The summed E-state index contributed by atoms with van der Waals surface area (Å²) in [5.74, 6) is 0. The molecule has 4 rings (SSSR count). The Hall–Kier alpha value is -0.680. The van der Waals surface area contributed by atoms with Crippen LogP contribution in [0.3, 0.4) is 0 Å². The normalized spacial score (nSPS) is 17.4. The molecule has 68 heavy (non-hydrogen) atoms. The fourth-order valence-corrected chi connectivity index (χ4v) is 9.90. The van der Waals surface area contributed by atoms with Gasteiger partial charge >= 0.3 is 0 Å². The summed E-state index contributed by atoms with van der Waals surface area (Å²) in [4.78, 5) is 15.9. The maximum atomic E-state index is 6.22. The molecule has 15 N–H and O–H groups in total. The fraction of sp³-hybridized carbons (Fsp3) is 1.00. The molecule has 0 aromatic heterocycles. The number of nitrogens with two attached hydrogens (primary N) is 4. The van der Waals surface area contributed by atoms with Crippen molar-refractivity contribution in [3.63, 3.8) is 0 Å². The second-order valence-corrected chi connectivity index (χ2v) is 20.8. The van der Waals surface area contributed by atoms with Crippen LogP contribution >= 0.6 is 0 Å². The zero-order valence-electron chi connectivity index (χ0n) is 44.0. The Morgan fingerprint density at radius 3 is 1.03 bits per heavy atom. The lowest BCUT2D eigenvalue weighted by molar-refractivity contribution is 0.128. The van der Waals surface area contributed by atoms with Gasteiger partial charge in [-0.25, -0.2) is 0 Å². The predicted octanol–water partition coefficient (Wildman–Crippen LogP) is -0.859. The van der Waals surface area contributed by atoms with E-state index < -0.39 is 0 Å². The Kier molecular flexibility index (Phi) is 35.9. The Balaban J connectivity index is 1.18. The number of nitrogens with one attached hydrogen (secondary N) is 7. The van der Waals surface area contributed by atoms with E-state index in [-0.39, 0.29) is 0 Å². The van der Waals surface area contributed by atoms with E-state index in [1.54, 1.807) is 0 Å². The highest BCUT2D eigenvalue weighted by atomic mass is 15.2. The molecule has 4 fully saturated rings. The van der Waals surface area contributed by atoms with Crippen molar-refractivity contribution in [2.24, 2.45) is 22.9 Å². The quantitative estimate of drug-likeness (QED) is 0.0336. The molecule has 4 saturated carbocycles. The zero-order chi connectivity index (χ0) is 48.0. The number of rotatable bonds is 51. The molecule has 17 heteroatoms. The lowest BCUT2D eigenvalue weighted by atomic mass is 9.91. The van der Waals surface area contributed by atoms with E-state index >= 15 is 0 Å². The standard InChI is InChI=1S/C51H113N17/c52-16-20-56-27-40-68(51-14-7-15-51)41-28-59-26-36-64(43-44-65(34-18-54)37-25-58-22-21-57-23-24-60-48-8-4-9-48)32-3-1-2-31-63(33-17-53)42-46-67(39-30-62-50-12-6-13-50)47-45-66(35-19-55)38-29-61-49-10-5-11-49/h48-51,56-62H,1-47,52-55H2. The van der Waals surface area contributed by atoms with Crippen molar-refractivity contribution in [3.05, 3.63) is 0 Å². The first-order valence-corrected chi connectivity index (χ1v) is 28.8. The van der Waals surface area contributed by atoms with Gasteiger partial charge < -0.3 is 70.0 Å². The maximum absolute atomic E-state index is 6.22. The van der Waals surface area contributed by atoms with E-state index in [2.05, 4.69) is 66.6 Å². The molecule has 0 bridgehead atoms. The van der Waals surface area contributed by atoms with Gasteiger partial charge in [-0.1, -0.05) is 32.1 Å². The second-order valence-electron chi connectivity index (χ2n) is 20.8. The van der Waals surface area contributed by atoms with Crippen molar-refractivity contribution in [1.29, 1.82) is 0 Å². The van der Waals surface area contributed by atoms with Crippen LogP contribution in [-0.2, 0) is 0 Å². The summed E-state index contributed by atoms with van der Waals surface area (Å²) in [6.45, 7) is 32.4. The summed E-state index contributed by atoms with van der Waals surface area (Å²) in [5, 5.41) is 25.9. The van der Waals surface area contributed by atoms with Crippen LogP contribution < -0.4 is 60.2 Å². The summed E-state index contributed by atoms with van der Waals surface area (Å²) < 4.78 is 0. The highest BCUT2D eigenvalue weighted by Gasteiger charge is 2.24. The largest absolute Gasteiger partial charge is 0.329 e. The first-order chi connectivity index (χ1) is 33.6. The highest BCUT2D eigenvalue weighted by Crippen LogP contribution is 2.24. The van der Waals surface area contributed by atoms with Gasteiger partial charge in [0.1, 0.15) is 0 Å². The molecule has 0 aliphatic heterocycles. The molecule has 0 heterocycles. The van der Waals surface area contributed by atoms with Gasteiger partial charge in [-0.15, -0.1) is 0 Å². The topological polar surface area (TPSA) is 208 Å². The summed E-state index contributed by atoms with van der Waals surface area (Å²) in [6, 6.07) is 3.00. The van der Waals surface area contributed by atoms with Crippen LogP contribution in [0.5, 0.6) is 0 Å². The molecule has 0 aromatic carbocycles. The van der Waals surface area contributed by atoms with Gasteiger partial charge in [0.05, 0.1) is 0 Å².